The molecule has 0 radical (unpaired) electrons. The molecule has 1 aromatic carbocycles. The van der Waals surface area contributed by atoms with Crippen LogP contribution in [0.2, 0.25) is 0 Å². The molecule has 1 saturated carbocycles. The molecule has 0 heterocycles. The second kappa shape index (κ2) is 5.38. The smallest absolute Gasteiger partial charge is 0.340 e. The summed E-state index contributed by atoms with van der Waals surface area (Å²) in [5.41, 5.74) is 5.52. The number of hydrogen-bond donors (Lipinski definition) is 1. The number of benzene rings is 1. The Kier molecular flexibility index (Phi) is 3.84. The van der Waals surface area contributed by atoms with E-state index in [1.165, 1.54) is 18.2 Å². The average molecular weight is 251 g/mol. The highest BCUT2D eigenvalue weighted by Gasteiger charge is 2.23. The highest BCUT2D eigenvalue weighted by atomic mass is 19.1. The Hall–Kier alpha value is -1.58. The van der Waals surface area contributed by atoms with Gasteiger partial charge in [-0.05, 0) is 43.7 Å². The maximum absolute atomic E-state index is 13.2. The molecule has 1 aliphatic carbocycles. The van der Waals surface area contributed by atoms with E-state index in [2.05, 4.69) is 6.92 Å². The summed E-state index contributed by atoms with van der Waals surface area (Å²) in [6, 6.07) is 4.19. The van der Waals surface area contributed by atoms with Crippen molar-refractivity contribution >= 4 is 11.7 Å². The van der Waals surface area contributed by atoms with Gasteiger partial charge in [-0.3, -0.25) is 0 Å². The number of nitrogens with two attached hydrogens (primary N) is 1. The molecule has 4 heteroatoms. The Balaban J connectivity index is 2.01. The van der Waals surface area contributed by atoms with Crippen LogP contribution in [-0.2, 0) is 4.74 Å². The number of hydrogen-bond acceptors (Lipinski definition) is 3. The number of anilines is 1. The minimum atomic E-state index is -0.582. The van der Waals surface area contributed by atoms with Crippen LogP contribution in [-0.4, -0.2) is 12.1 Å². The minimum absolute atomic E-state index is 0.0589. The van der Waals surface area contributed by atoms with E-state index in [9.17, 15) is 9.18 Å². The van der Waals surface area contributed by atoms with Crippen molar-refractivity contribution < 1.29 is 13.9 Å². The van der Waals surface area contributed by atoms with Crippen LogP contribution >= 0.6 is 0 Å². The molecule has 2 N–H and O–H groups in total. The maximum Gasteiger partial charge on any atom is 0.340 e. The minimum Gasteiger partial charge on any atom is -0.459 e. The van der Waals surface area contributed by atoms with Crippen molar-refractivity contribution in [1.82, 2.24) is 0 Å². The fraction of sp³-hybridized carbons (Fsp3) is 0.500. The molecule has 0 spiro atoms. The molecule has 0 atom stereocenters. The third-order valence-corrected chi connectivity index (χ3v) is 3.51. The number of rotatable bonds is 2. The molecule has 0 bridgehead atoms. The molecule has 0 aliphatic heterocycles. The molecule has 2 rings (SSSR count). The highest BCUT2D eigenvalue weighted by molar-refractivity contribution is 5.95. The third kappa shape index (κ3) is 2.81. The van der Waals surface area contributed by atoms with Crippen molar-refractivity contribution in [2.45, 2.75) is 38.7 Å². The number of carbonyl (C=O) groups excluding carboxylic acids is 1. The van der Waals surface area contributed by atoms with E-state index >= 15 is 0 Å². The molecule has 1 aliphatic rings. The summed E-state index contributed by atoms with van der Waals surface area (Å²) < 4.78 is 18.6. The zero-order valence-electron chi connectivity index (χ0n) is 10.5. The lowest BCUT2D eigenvalue weighted by Crippen LogP contribution is -2.24. The van der Waals surface area contributed by atoms with Gasteiger partial charge in [-0.1, -0.05) is 13.0 Å². The Morgan fingerprint density at radius 2 is 2.00 bits per heavy atom. The highest BCUT2D eigenvalue weighted by Crippen LogP contribution is 2.27. The van der Waals surface area contributed by atoms with Crippen LogP contribution in [0, 0.1) is 11.7 Å². The van der Waals surface area contributed by atoms with Gasteiger partial charge in [-0.25, -0.2) is 9.18 Å². The van der Waals surface area contributed by atoms with E-state index in [1.807, 2.05) is 0 Å². The van der Waals surface area contributed by atoms with Crippen molar-refractivity contribution in [1.29, 1.82) is 0 Å². The maximum atomic E-state index is 13.2. The second-order valence-electron chi connectivity index (χ2n) is 4.99. The van der Waals surface area contributed by atoms with E-state index < -0.39 is 11.8 Å². The Bertz CT molecular complexity index is 439. The Morgan fingerprint density at radius 1 is 1.33 bits per heavy atom. The van der Waals surface area contributed by atoms with Gasteiger partial charge in [-0.15, -0.1) is 0 Å². The fourth-order valence-electron chi connectivity index (χ4n) is 2.28. The number of halogens is 1. The molecule has 0 amide bonds. The van der Waals surface area contributed by atoms with Gasteiger partial charge in [0.2, 0.25) is 0 Å². The van der Waals surface area contributed by atoms with Crippen molar-refractivity contribution in [2.75, 3.05) is 5.73 Å². The SMILES string of the molecule is CC1CCC(OC(=O)c2cccc(F)c2N)CC1. The molecule has 3 nitrogen and oxygen atoms in total. The van der Waals surface area contributed by atoms with E-state index in [1.54, 1.807) is 0 Å². The van der Waals surface area contributed by atoms with Crippen LogP contribution in [0.25, 0.3) is 0 Å². The largest absolute Gasteiger partial charge is 0.459 e. The first-order valence-electron chi connectivity index (χ1n) is 6.33. The molecule has 1 fully saturated rings. The first-order valence-corrected chi connectivity index (χ1v) is 6.33. The lowest BCUT2D eigenvalue weighted by molar-refractivity contribution is 0.0174. The normalized spacial score (nSPS) is 23.7. The molecule has 1 aromatic rings. The van der Waals surface area contributed by atoms with Crippen LogP contribution in [0.1, 0.15) is 43.0 Å². The first kappa shape index (κ1) is 12.9. The van der Waals surface area contributed by atoms with E-state index in [0.717, 1.165) is 25.7 Å². The molecule has 0 unspecified atom stereocenters. The van der Waals surface area contributed by atoms with Gasteiger partial charge >= 0.3 is 5.97 Å². The molecular weight excluding hydrogens is 233 g/mol. The predicted molar refractivity (Wildman–Crippen MR) is 67.6 cm³/mol. The number of nitrogen functional groups attached to an aromatic ring is 1. The quantitative estimate of drug-likeness (QED) is 0.649. The molecule has 98 valence electrons. The standard InChI is InChI=1S/C14H18FNO2/c1-9-5-7-10(8-6-9)18-14(17)11-3-2-4-12(15)13(11)16/h2-4,9-10H,5-8,16H2,1H3. The van der Waals surface area contributed by atoms with Gasteiger partial charge in [0.15, 0.2) is 0 Å². The van der Waals surface area contributed by atoms with Gasteiger partial charge in [0.1, 0.15) is 11.9 Å². The van der Waals surface area contributed by atoms with Gasteiger partial charge in [0.05, 0.1) is 11.3 Å². The van der Waals surface area contributed by atoms with Crippen molar-refractivity contribution in [3.8, 4) is 0 Å². The summed E-state index contributed by atoms with van der Waals surface area (Å²) in [4.78, 5) is 11.9. The zero-order chi connectivity index (χ0) is 13.1. The molecule has 18 heavy (non-hydrogen) atoms. The number of ether oxygens (including phenoxy) is 1. The number of carbonyl (C=O) groups is 1. The lowest BCUT2D eigenvalue weighted by Gasteiger charge is -2.26. The second-order valence-corrected chi connectivity index (χ2v) is 4.99. The predicted octanol–water partition coefficient (Wildman–Crippen LogP) is 3.14. The van der Waals surface area contributed by atoms with Crippen molar-refractivity contribution in [3.63, 3.8) is 0 Å². The topological polar surface area (TPSA) is 52.3 Å². The van der Waals surface area contributed by atoms with Gasteiger partial charge in [-0.2, -0.15) is 0 Å². The summed E-state index contributed by atoms with van der Waals surface area (Å²) in [5.74, 6) is -0.410. The van der Waals surface area contributed by atoms with Gasteiger partial charge < -0.3 is 10.5 Å². The first-order chi connectivity index (χ1) is 8.58. The van der Waals surface area contributed by atoms with Gasteiger partial charge in [0.25, 0.3) is 0 Å². The van der Waals surface area contributed by atoms with Gasteiger partial charge in [0, 0.05) is 0 Å². The third-order valence-electron chi connectivity index (χ3n) is 3.51. The summed E-state index contributed by atoms with van der Waals surface area (Å²) >= 11 is 0. The van der Waals surface area contributed by atoms with Crippen LogP contribution in [0.3, 0.4) is 0 Å². The summed E-state index contributed by atoms with van der Waals surface area (Å²) in [6.45, 7) is 2.20. The fourth-order valence-corrected chi connectivity index (χ4v) is 2.28. The number of esters is 1. The molecule has 0 aromatic heterocycles. The molecule has 0 saturated heterocycles. The van der Waals surface area contributed by atoms with Crippen molar-refractivity contribution in [2.24, 2.45) is 5.92 Å². The summed E-state index contributed by atoms with van der Waals surface area (Å²) in [5, 5.41) is 0. The van der Waals surface area contributed by atoms with Crippen molar-refractivity contribution in [3.05, 3.63) is 29.6 Å². The van der Waals surface area contributed by atoms with Crippen LogP contribution < -0.4 is 5.73 Å². The Morgan fingerprint density at radius 3 is 2.67 bits per heavy atom. The monoisotopic (exact) mass is 251 g/mol. The van der Waals surface area contributed by atoms with E-state index in [0.29, 0.717) is 5.92 Å². The summed E-state index contributed by atoms with van der Waals surface area (Å²) in [6.07, 6.45) is 3.83. The van der Waals surface area contributed by atoms with Crippen LogP contribution in [0.15, 0.2) is 18.2 Å². The summed E-state index contributed by atoms with van der Waals surface area (Å²) in [7, 11) is 0. The lowest BCUT2D eigenvalue weighted by atomic mass is 9.89. The number of para-hydroxylation sites is 1. The zero-order valence-corrected chi connectivity index (χ0v) is 10.5. The van der Waals surface area contributed by atoms with E-state index in [4.69, 9.17) is 10.5 Å². The van der Waals surface area contributed by atoms with Crippen LogP contribution in [0.5, 0.6) is 0 Å². The van der Waals surface area contributed by atoms with E-state index in [-0.39, 0.29) is 17.4 Å². The Labute approximate surface area is 106 Å². The molecular formula is C14H18FNO2. The average Bonchev–Trinajstić information content (AvgIpc) is 2.35. The van der Waals surface area contributed by atoms with Crippen LogP contribution in [0.4, 0.5) is 10.1 Å².